The summed E-state index contributed by atoms with van der Waals surface area (Å²) in [5, 5.41) is 2.80. The number of carbonyl (C=O) groups excluding carboxylic acids is 1. The van der Waals surface area contributed by atoms with Gasteiger partial charge in [0.1, 0.15) is 11.2 Å². The van der Waals surface area contributed by atoms with Crippen LogP contribution < -0.4 is 10.9 Å². The third kappa shape index (κ3) is 2.58. The molecule has 0 bridgehead atoms. The Morgan fingerprint density at radius 3 is 2.77 bits per heavy atom. The fourth-order valence-corrected chi connectivity index (χ4v) is 2.19. The minimum Gasteiger partial charge on any atom is -0.345 e. The summed E-state index contributed by atoms with van der Waals surface area (Å²) in [6.45, 7) is 1.85. The monoisotopic (exact) mass is 294 g/mol. The fraction of sp³-hybridized carbons (Fsp3) is 0.125. The maximum absolute atomic E-state index is 12.3. The predicted molar refractivity (Wildman–Crippen MR) is 81.6 cm³/mol. The molecule has 0 saturated heterocycles. The molecule has 1 amide bonds. The van der Waals surface area contributed by atoms with Crippen LogP contribution in [0.2, 0.25) is 0 Å². The molecule has 0 aliphatic rings. The maximum atomic E-state index is 12.3. The van der Waals surface area contributed by atoms with Crippen LogP contribution in [0.3, 0.4) is 0 Å². The van der Waals surface area contributed by atoms with E-state index in [-0.39, 0.29) is 17.2 Å². The fourth-order valence-electron chi connectivity index (χ4n) is 2.19. The average Bonchev–Trinajstić information content (AvgIpc) is 2.56. The van der Waals surface area contributed by atoms with Crippen molar-refractivity contribution in [3.63, 3.8) is 0 Å². The van der Waals surface area contributed by atoms with Gasteiger partial charge in [-0.05, 0) is 36.8 Å². The Labute approximate surface area is 126 Å². The molecule has 0 aliphatic carbocycles. The largest absolute Gasteiger partial charge is 0.345 e. The van der Waals surface area contributed by atoms with E-state index in [9.17, 15) is 9.59 Å². The summed E-state index contributed by atoms with van der Waals surface area (Å²) in [6, 6.07) is 8.62. The number of rotatable bonds is 3. The van der Waals surface area contributed by atoms with E-state index < -0.39 is 5.91 Å². The standard InChI is InChI=1S/C16H14N4O2/c1-11(12-5-7-17-8-6-12)19-15(21)13-10-18-14-4-2-3-9-20(14)16(13)22/h2-11H,1H3,(H,19,21)/t11-/m1/s1. The van der Waals surface area contributed by atoms with Crippen molar-refractivity contribution in [2.24, 2.45) is 0 Å². The van der Waals surface area contributed by atoms with E-state index in [1.54, 1.807) is 36.8 Å². The quantitative estimate of drug-likeness (QED) is 0.795. The highest BCUT2D eigenvalue weighted by Gasteiger charge is 2.16. The van der Waals surface area contributed by atoms with E-state index in [1.165, 1.54) is 10.6 Å². The summed E-state index contributed by atoms with van der Waals surface area (Å²) in [5.41, 5.74) is 1.05. The minimum atomic E-state index is -0.444. The number of hydrogen-bond acceptors (Lipinski definition) is 4. The van der Waals surface area contributed by atoms with E-state index in [0.717, 1.165) is 5.56 Å². The first-order valence-corrected chi connectivity index (χ1v) is 6.84. The van der Waals surface area contributed by atoms with Gasteiger partial charge in [-0.15, -0.1) is 0 Å². The van der Waals surface area contributed by atoms with Crippen molar-refractivity contribution < 1.29 is 4.79 Å². The Kier molecular flexibility index (Phi) is 3.65. The van der Waals surface area contributed by atoms with Gasteiger partial charge in [-0.25, -0.2) is 4.98 Å². The van der Waals surface area contributed by atoms with Crippen molar-refractivity contribution in [3.8, 4) is 0 Å². The summed E-state index contributed by atoms with van der Waals surface area (Å²) < 4.78 is 1.35. The summed E-state index contributed by atoms with van der Waals surface area (Å²) in [5.74, 6) is -0.444. The Morgan fingerprint density at radius 2 is 2.00 bits per heavy atom. The van der Waals surface area contributed by atoms with E-state index in [4.69, 9.17) is 0 Å². The van der Waals surface area contributed by atoms with Gasteiger partial charge in [-0.3, -0.25) is 19.0 Å². The lowest BCUT2D eigenvalue weighted by molar-refractivity contribution is 0.0938. The lowest BCUT2D eigenvalue weighted by Crippen LogP contribution is -2.33. The van der Waals surface area contributed by atoms with Gasteiger partial charge in [-0.2, -0.15) is 0 Å². The van der Waals surface area contributed by atoms with Gasteiger partial charge in [-0.1, -0.05) is 6.07 Å². The van der Waals surface area contributed by atoms with E-state index >= 15 is 0 Å². The number of hydrogen-bond donors (Lipinski definition) is 1. The Bertz CT molecular complexity index is 874. The number of amides is 1. The van der Waals surface area contributed by atoms with E-state index in [1.807, 2.05) is 19.1 Å². The van der Waals surface area contributed by atoms with Crippen LogP contribution in [-0.4, -0.2) is 20.3 Å². The number of aromatic nitrogens is 3. The van der Waals surface area contributed by atoms with Crippen molar-refractivity contribution in [1.82, 2.24) is 19.7 Å². The molecule has 0 aliphatic heterocycles. The molecule has 3 rings (SSSR count). The third-order valence-electron chi connectivity index (χ3n) is 3.41. The molecular weight excluding hydrogens is 280 g/mol. The van der Waals surface area contributed by atoms with Gasteiger partial charge in [0.2, 0.25) is 0 Å². The third-order valence-corrected chi connectivity index (χ3v) is 3.41. The van der Waals surface area contributed by atoms with Crippen LogP contribution in [0.4, 0.5) is 0 Å². The Hall–Kier alpha value is -3.02. The van der Waals surface area contributed by atoms with Crippen LogP contribution in [-0.2, 0) is 0 Å². The highest BCUT2D eigenvalue weighted by atomic mass is 16.2. The van der Waals surface area contributed by atoms with Crippen LogP contribution in [0.25, 0.3) is 5.65 Å². The lowest BCUT2D eigenvalue weighted by Gasteiger charge is -2.13. The second-order valence-electron chi connectivity index (χ2n) is 4.88. The van der Waals surface area contributed by atoms with Gasteiger partial charge >= 0.3 is 0 Å². The Morgan fingerprint density at radius 1 is 1.23 bits per heavy atom. The highest BCUT2D eigenvalue weighted by Crippen LogP contribution is 2.10. The molecule has 0 fully saturated rings. The molecule has 0 unspecified atom stereocenters. The molecule has 6 heteroatoms. The number of nitrogens with zero attached hydrogens (tertiary/aromatic N) is 3. The molecule has 6 nitrogen and oxygen atoms in total. The molecule has 1 N–H and O–H groups in total. The van der Waals surface area contributed by atoms with Gasteiger partial charge in [0, 0.05) is 24.8 Å². The van der Waals surface area contributed by atoms with Crippen molar-refractivity contribution >= 4 is 11.6 Å². The maximum Gasteiger partial charge on any atom is 0.270 e. The van der Waals surface area contributed by atoms with Gasteiger partial charge in [0.05, 0.1) is 6.04 Å². The van der Waals surface area contributed by atoms with Crippen molar-refractivity contribution in [2.75, 3.05) is 0 Å². The van der Waals surface area contributed by atoms with Crippen LogP contribution in [0.5, 0.6) is 0 Å². The topological polar surface area (TPSA) is 76.4 Å². The molecule has 3 aromatic heterocycles. The molecule has 0 saturated carbocycles. The van der Waals surface area contributed by atoms with E-state index in [2.05, 4.69) is 15.3 Å². The molecule has 22 heavy (non-hydrogen) atoms. The van der Waals surface area contributed by atoms with Crippen molar-refractivity contribution in [1.29, 1.82) is 0 Å². The number of pyridine rings is 2. The molecule has 0 spiro atoms. The van der Waals surface area contributed by atoms with Crippen LogP contribution in [0.1, 0.15) is 28.9 Å². The predicted octanol–water partition coefficient (Wildman–Crippen LogP) is 1.58. The van der Waals surface area contributed by atoms with Crippen LogP contribution >= 0.6 is 0 Å². The van der Waals surface area contributed by atoms with Gasteiger partial charge < -0.3 is 5.32 Å². The Balaban J connectivity index is 1.90. The number of carbonyl (C=O) groups is 1. The minimum absolute atomic E-state index is 0.0182. The zero-order chi connectivity index (χ0) is 15.5. The zero-order valence-electron chi connectivity index (χ0n) is 11.9. The van der Waals surface area contributed by atoms with Crippen LogP contribution in [0.15, 0.2) is 59.9 Å². The summed E-state index contributed by atoms with van der Waals surface area (Å²) >= 11 is 0. The van der Waals surface area contributed by atoms with Gasteiger partial charge in [0.15, 0.2) is 0 Å². The molecule has 1 atom stereocenters. The van der Waals surface area contributed by atoms with Crippen molar-refractivity contribution in [2.45, 2.75) is 13.0 Å². The summed E-state index contributed by atoms with van der Waals surface area (Å²) in [6.07, 6.45) is 6.22. The first-order chi connectivity index (χ1) is 10.7. The van der Waals surface area contributed by atoms with Gasteiger partial charge in [0.25, 0.3) is 11.5 Å². The highest BCUT2D eigenvalue weighted by molar-refractivity contribution is 5.94. The summed E-state index contributed by atoms with van der Waals surface area (Å²) in [4.78, 5) is 32.7. The normalized spacial score (nSPS) is 12.0. The molecule has 110 valence electrons. The molecule has 0 aromatic carbocycles. The molecule has 3 heterocycles. The first kappa shape index (κ1) is 13.9. The first-order valence-electron chi connectivity index (χ1n) is 6.84. The molecule has 0 radical (unpaired) electrons. The summed E-state index contributed by atoms with van der Waals surface area (Å²) in [7, 11) is 0. The van der Waals surface area contributed by atoms with Crippen molar-refractivity contribution in [3.05, 3.63) is 76.6 Å². The molecule has 3 aromatic rings. The second-order valence-corrected chi connectivity index (χ2v) is 4.88. The average molecular weight is 294 g/mol. The zero-order valence-corrected chi connectivity index (χ0v) is 11.9. The smallest absolute Gasteiger partial charge is 0.270 e. The number of nitrogens with one attached hydrogen (secondary N) is 1. The lowest BCUT2D eigenvalue weighted by atomic mass is 10.1. The number of fused-ring (bicyclic) bond motifs is 1. The van der Waals surface area contributed by atoms with Crippen LogP contribution in [0, 0.1) is 0 Å². The van der Waals surface area contributed by atoms with E-state index in [0.29, 0.717) is 5.65 Å². The second kappa shape index (κ2) is 5.77. The molecular formula is C16H14N4O2. The SMILES string of the molecule is C[C@@H](NC(=O)c1cnc2ccccn2c1=O)c1ccncc1.